The maximum absolute atomic E-state index is 11.3. The second-order valence-corrected chi connectivity index (χ2v) is 4.09. The van der Waals surface area contributed by atoms with Gasteiger partial charge in [0.2, 0.25) is 0 Å². The molecule has 0 saturated heterocycles. The minimum Gasteiger partial charge on any atom is -0.465 e. The number of hydrogen-bond acceptors (Lipinski definition) is 2. The Labute approximate surface area is 80.7 Å². The molecule has 0 N–H and O–H groups in total. The normalized spacial score (nSPS) is 20.2. The fraction of sp³-hybridized carbons (Fsp3) is 0.909. The van der Waals surface area contributed by atoms with Crippen molar-refractivity contribution in [3.63, 3.8) is 0 Å². The van der Waals surface area contributed by atoms with Crippen molar-refractivity contribution in [3.8, 4) is 0 Å². The van der Waals surface area contributed by atoms with Crippen LogP contribution in [0.5, 0.6) is 0 Å². The lowest BCUT2D eigenvalue weighted by Gasteiger charge is -2.12. The van der Waals surface area contributed by atoms with Gasteiger partial charge in [0.1, 0.15) is 0 Å². The molecule has 2 heteroatoms. The van der Waals surface area contributed by atoms with Crippen molar-refractivity contribution in [2.75, 3.05) is 6.61 Å². The second-order valence-electron chi connectivity index (χ2n) is 4.09. The average Bonchev–Trinajstić information content (AvgIpc) is 2.65. The number of ether oxygens (including phenoxy) is 1. The van der Waals surface area contributed by atoms with Crippen molar-refractivity contribution in [3.05, 3.63) is 0 Å². The third-order valence-electron chi connectivity index (χ3n) is 2.95. The van der Waals surface area contributed by atoms with E-state index in [4.69, 9.17) is 4.74 Å². The molecule has 1 aliphatic rings. The molecule has 0 aromatic rings. The number of rotatable bonds is 4. The minimum atomic E-state index is -0.0191. The first kappa shape index (κ1) is 10.6. The Balaban J connectivity index is 2.13. The van der Waals surface area contributed by atoms with Crippen LogP contribution in [-0.2, 0) is 9.53 Å². The quantitative estimate of drug-likeness (QED) is 0.628. The molecule has 0 aromatic carbocycles. The van der Waals surface area contributed by atoms with Gasteiger partial charge >= 0.3 is 5.97 Å². The predicted octanol–water partition coefficient (Wildman–Crippen LogP) is 2.77. The zero-order valence-electron chi connectivity index (χ0n) is 8.71. The van der Waals surface area contributed by atoms with Crippen LogP contribution in [-0.4, -0.2) is 12.6 Å². The summed E-state index contributed by atoms with van der Waals surface area (Å²) in [6.07, 6.45) is 5.99. The monoisotopic (exact) mass is 184 g/mol. The van der Waals surface area contributed by atoms with E-state index in [1.807, 2.05) is 13.8 Å². The van der Waals surface area contributed by atoms with E-state index in [-0.39, 0.29) is 11.9 Å². The Bertz CT molecular complexity index is 159. The van der Waals surface area contributed by atoms with E-state index in [2.05, 4.69) is 0 Å². The van der Waals surface area contributed by atoms with Crippen molar-refractivity contribution < 1.29 is 9.53 Å². The number of esters is 1. The fourth-order valence-corrected chi connectivity index (χ4v) is 1.69. The number of hydrogen-bond donors (Lipinski definition) is 0. The van der Waals surface area contributed by atoms with E-state index >= 15 is 0 Å². The van der Waals surface area contributed by atoms with Crippen molar-refractivity contribution in [2.24, 2.45) is 11.8 Å². The molecule has 0 amide bonds. The smallest absolute Gasteiger partial charge is 0.308 e. The first-order valence-electron chi connectivity index (χ1n) is 5.40. The molecule has 0 aromatic heterocycles. The summed E-state index contributed by atoms with van der Waals surface area (Å²) in [5, 5.41) is 0. The molecule has 1 atom stereocenters. The molecule has 0 spiro atoms. The highest BCUT2D eigenvalue weighted by atomic mass is 16.5. The van der Waals surface area contributed by atoms with Crippen molar-refractivity contribution in [2.45, 2.75) is 46.0 Å². The van der Waals surface area contributed by atoms with E-state index in [1.165, 1.54) is 25.7 Å². The van der Waals surface area contributed by atoms with E-state index in [1.54, 1.807) is 0 Å². The fourth-order valence-electron chi connectivity index (χ4n) is 1.69. The summed E-state index contributed by atoms with van der Waals surface area (Å²) in [4.78, 5) is 11.3. The van der Waals surface area contributed by atoms with Gasteiger partial charge in [-0.2, -0.15) is 0 Å². The van der Waals surface area contributed by atoms with Crippen LogP contribution in [0.1, 0.15) is 46.0 Å². The lowest BCUT2D eigenvalue weighted by atomic mass is 10.1. The van der Waals surface area contributed by atoms with Gasteiger partial charge in [-0.25, -0.2) is 0 Å². The highest BCUT2D eigenvalue weighted by Crippen LogP contribution is 2.25. The molecule has 0 aliphatic heterocycles. The van der Waals surface area contributed by atoms with Crippen LogP contribution < -0.4 is 0 Å². The van der Waals surface area contributed by atoms with Crippen molar-refractivity contribution >= 4 is 5.97 Å². The zero-order valence-corrected chi connectivity index (χ0v) is 8.71. The summed E-state index contributed by atoms with van der Waals surface area (Å²) < 4.78 is 5.24. The van der Waals surface area contributed by atoms with Crippen molar-refractivity contribution in [1.29, 1.82) is 0 Å². The molecule has 76 valence electrons. The largest absolute Gasteiger partial charge is 0.465 e. The van der Waals surface area contributed by atoms with Gasteiger partial charge in [0.15, 0.2) is 0 Å². The van der Waals surface area contributed by atoms with Crippen molar-refractivity contribution in [1.82, 2.24) is 0 Å². The van der Waals surface area contributed by atoms with Crippen LogP contribution in [0.3, 0.4) is 0 Å². The van der Waals surface area contributed by atoms with Gasteiger partial charge in [0.05, 0.1) is 12.5 Å². The molecular formula is C11H20O2. The Morgan fingerprint density at radius 2 is 2.08 bits per heavy atom. The van der Waals surface area contributed by atoms with Gasteiger partial charge in [-0.15, -0.1) is 0 Å². The molecule has 1 fully saturated rings. The summed E-state index contributed by atoms with van der Waals surface area (Å²) >= 11 is 0. The molecule has 13 heavy (non-hydrogen) atoms. The van der Waals surface area contributed by atoms with E-state index in [9.17, 15) is 4.79 Å². The van der Waals surface area contributed by atoms with Crippen LogP contribution in [0.25, 0.3) is 0 Å². The van der Waals surface area contributed by atoms with Gasteiger partial charge in [0.25, 0.3) is 0 Å². The molecule has 1 unspecified atom stereocenters. The lowest BCUT2D eigenvalue weighted by molar-refractivity contribution is -0.149. The summed E-state index contributed by atoms with van der Waals surface area (Å²) in [5.41, 5.74) is 0. The van der Waals surface area contributed by atoms with E-state index in [0.29, 0.717) is 12.5 Å². The topological polar surface area (TPSA) is 26.3 Å². The Morgan fingerprint density at radius 3 is 2.62 bits per heavy atom. The second kappa shape index (κ2) is 5.25. The molecule has 1 rings (SSSR count). The van der Waals surface area contributed by atoms with Crippen LogP contribution in [0, 0.1) is 11.8 Å². The number of carbonyl (C=O) groups is 1. The molecular weight excluding hydrogens is 164 g/mol. The maximum Gasteiger partial charge on any atom is 0.308 e. The summed E-state index contributed by atoms with van der Waals surface area (Å²) in [6.45, 7) is 4.60. The summed E-state index contributed by atoms with van der Waals surface area (Å²) in [6, 6.07) is 0. The molecule has 0 radical (unpaired) electrons. The maximum atomic E-state index is 11.3. The summed E-state index contributed by atoms with van der Waals surface area (Å²) in [7, 11) is 0. The number of carbonyl (C=O) groups excluding carboxylic acids is 1. The Hall–Kier alpha value is -0.530. The molecule has 2 nitrogen and oxygen atoms in total. The Morgan fingerprint density at radius 1 is 1.46 bits per heavy atom. The van der Waals surface area contributed by atoms with Gasteiger partial charge in [0, 0.05) is 0 Å². The average molecular weight is 184 g/mol. The highest BCUT2D eigenvalue weighted by Gasteiger charge is 2.18. The lowest BCUT2D eigenvalue weighted by Crippen LogP contribution is -2.17. The third kappa shape index (κ3) is 3.37. The highest BCUT2D eigenvalue weighted by molar-refractivity contribution is 5.71. The van der Waals surface area contributed by atoms with E-state index in [0.717, 1.165) is 6.42 Å². The summed E-state index contributed by atoms with van der Waals surface area (Å²) in [5.74, 6) is 0.698. The SMILES string of the molecule is CCC(C)C(=O)OCC1CCCC1. The van der Waals surface area contributed by atoms with Gasteiger partial charge in [-0.05, 0) is 25.2 Å². The molecule has 1 aliphatic carbocycles. The Kier molecular flexibility index (Phi) is 4.26. The van der Waals surface area contributed by atoms with Gasteiger partial charge < -0.3 is 4.74 Å². The molecule has 1 saturated carbocycles. The molecule has 0 bridgehead atoms. The minimum absolute atomic E-state index is 0.0191. The first-order chi connectivity index (χ1) is 6.24. The standard InChI is InChI=1S/C11H20O2/c1-3-9(2)11(12)13-8-10-6-4-5-7-10/h9-10H,3-8H2,1-2H3. The third-order valence-corrected chi connectivity index (χ3v) is 2.95. The molecule has 0 heterocycles. The van der Waals surface area contributed by atoms with Crippen LogP contribution >= 0.6 is 0 Å². The van der Waals surface area contributed by atoms with Crippen LogP contribution in [0.4, 0.5) is 0 Å². The predicted molar refractivity (Wildman–Crippen MR) is 52.4 cm³/mol. The zero-order chi connectivity index (χ0) is 9.68. The first-order valence-corrected chi connectivity index (χ1v) is 5.40. The van der Waals surface area contributed by atoms with E-state index < -0.39 is 0 Å². The van der Waals surface area contributed by atoms with Crippen LogP contribution in [0.15, 0.2) is 0 Å². The van der Waals surface area contributed by atoms with Gasteiger partial charge in [-0.3, -0.25) is 4.79 Å². The van der Waals surface area contributed by atoms with Crippen LogP contribution in [0.2, 0.25) is 0 Å². The van der Waals surface area contributed by atoms with Gasteiger partial charge in [-0.1, -0.05) is 26.7 Å².